The molecule has 0 saturated carbocycles. The van der Waals surface area contributed by atoms with Crippen molar-refractivity contribution in [1.82, 2.24) is 15.6 Å². The van der Waals surface area contributed by atoms with Crippen LogP contribution in [0.2, 0.25) is 0 Å². The lowest BCUT2D eigenvalue weighted by molar-refractivity contribution is -0.119. The van der Waals surface area contributed by atoms with Gasteiger partial charge in [0.1, 0.15) is 6.34 Å². The van der Waals surface area contributed by atoms with Gasteiger partial charge < -0.3 is 0 Å². The average molecular weight is 200 g/mol. The highest BCUT2D eigenvalue weighted by atomic mass is 16.2. The minimum absolute atomic E-state index is 0.710. The third kappa shape index (κ3) is 1.14. The number of carbonyl (C=O) groups is 1. The van der Waals surface area contributed by atoms with Crippen LogP contribution >= 0.6 is 0 Å². The molecule has 5 nitrogen and oxygen atoms in total. The second kappa shape index (κ2) is 2.93. The molecule has 0 aliphatic carbocycles. The molecule has 0 aromatic heterocycles. The number of carbonyl (C=O) groups excluding carboxylic acids is 1. The molecule has 1 aromatic rings. The summed E-state index contributed by atoms with van der Waals surface area (Å²) in [5.41, 5.74) is 5.69. The van der Waals surface area contributed by atoms with E-state index in [0.717, 1.165) is 16.9 Å². The molecule has 0 atom stereocenters. The molecule has 0 saturated heterocycles. The predicted octanol–water partition coefficient (Wildman–Crippen LogP) is 0.852. The molecule has 0 radical (unpaired) electrons. The van der Waals surface area contributed by atoms with E-state index < -0.39 is 0 Å². The molecule has 1 amide bonds. The molecule has 0 unspecified atom stereocenters. The van der Waals surface area contributed by atoms with Crippen LogP contribution in [0, 0.1) is 0 Å². The van der Waals surface area contributed by atoms with E-state index in [0.29, 0.717) is 6.41 Å². The Morgan fingerprint density at radius 2 is 2.20 bits per heavy atom. The second-order valence-electron chi connectivity index (χ2n) is 3.26. The van der Waals surface area contributed by atoms with Crippen molar-refractivity contribution in [2.45, 2.75) is 0 Å². The van der Waals surface area contributed by atoms with Gasteiger partial charge in [-0.3, -0.25) is 4.79 Å². The van der Waals surface area contributed by atoms with E-state index in [-0.39, 0.29) is 0 Å². The van der Waals surface area contributed by atoms with Crippen LogP contribution in [0.3, 0.4) is 0 Å². The molecule has 74 valence electrons. The smallest absolute Gasteiger partial charge is 0.229 e. The zero-order valence-electron chi connectivity index (χ0n) is 7.79. The third-order valence-corrected chi connectivity index (χ3v) is 2.35. The number of amides is 1. The van der Waals surface area contributed by atoms with Crippen LogP contribution in [0.5, 0.6) is 0 Å². The molecule has 0 bridgehead atoms. The SMILES string of the molecule is O=CN1C=C2c3ccccc3N=CN2N1. The Balaban J connectivity index is 2.13. The Morgan fingerprint density at radius 3 is 3.07 bits per heavy atom. The molecule has 5 heteroatoms. The summed E-state index contributed by atoms with van der Waals surface area (Å²) >= 11 is 0. The van der Waals surface area contributed by atoms with Crippen molar-refractivity contribution in [3.63, 3.8) is 0 Å². The fraction of sp³-hybridized carbons (Fsp3) is 0. The van der Waals surface area contributed by atoms with E-state index in [4.69, 9.17) is 0 Å². The van der Waals surface area contributed by atoms with E-state index in [2.05, 4.69) is 10.5 Å². The number of nitrogens with zero attached hydrogens (tertiary/aromatic N) is 3. The molecule has 0 spiro atoms. The fourth-order valence-corrected chi connectivity index (χ4v) is 1.67. The summed E-state index contributed by atoms with van der Waals surface area (Å²) in [6, 6.07) is 7.79. The van der Waals surface area contributed by atoms with Gasteiger partial charge in [0.15, 0.2) is 0 Å². The monoisotopic (exact) mass is 200 g/mol. The summed E-state index contributed by atoms with van der Waals surface area (Å²) in [6.45, 7) is 0. The van der Waals surface area contributed by atoms with Crippen molar-refractivity contribution in [3.8, 4) is 0 Å². The minimum atomic E-state index is 0.710. The van der Waals surface area contributed by atoms with E-state index >= 15 is 0 Å². The number of benzene rings is 1. The van der Waals surface area contributed by atoms with Crippen LogP contribution in [0.4, 0.5) is 5.69 Å². The van der Waals surface area contributed by atoms with Gasteiger partial charge >= 0.3 is 0 Å². The van der Waals surface area contributed by atoms with Gasteiger partial charge in [0.2, 0.25) is 6.41 Å². The Morgan fingerprint density at radius 1 is 1.33 bits per heavy atom. The van der Waals surface area contributed by atoms with E-state index in [9.17, 15) is 4.79 Å². The standard InChI is InChI=1S/C10H8N4O/c15-7-13-5-10-8-3-1-2-4-9(8)11-6-14(10)12-13/h1-7,12H. The zero-order chi connectivity index (χ0) is 10.3. The number of hydrogen-bond donors (Lipinski definition) is 1. The predicted molar refractivity (Wildman–Crippen MR) is 55.4 cm³/mol. The first kappa shape index (κ1) is 8.19. The first-order valence-electron chi connectivity index (χ1n) is 4.53. The molecule has 0 fully saturated rings. The number of hydrazine groups is 2. The summed E-state index contributed by atoms with van der Waals surface area (Å²) in [7, 11) is 0. The van der Waals surface area contributed by atoms with Crippen LogP contribution < -0.4 is 5.53 Å². The number of rotatable bonds is 1. The lowest BCUT2D eigenvalue weighted by atomic mass is 10.1. The van der Waals surface area contributed by atoms with Crippen LogP contribution in [0.15, 0.2) is 35.5 Å². The molecule has 1 aromatic carbocycles. The summed E-state index contributed by atoms with van der Waals surface area (Å²) in [5.74, 6) is 0. The van der Waals surface area contributed by atoms with Crippen molar-refractivity contribution >= 4 is 24.1 Å². The van der Waals surface area contributed by atoms with Crippen molar-refractivity contribution in [3.05, 3.63) is 36.0 Å². The fourth-order valence-electron chi connectivity index (χ4n) is 1.67. The highest BCUT2D eigenvalue weighted by Gasteiger charge is 2.24. The summed E-state index contributed by atoms with van der Waals surface area (Å²) in [5, 5.41) is 3.06. The Hall–Kier alpha value is -2.14. The largest absolute Gasteiger partial charge is 0.277 e. The second-order valence-corrected chi connectivity index (χ2v) is 3.26. The Kier molecular flexibility index (Phi) is 1.60. The third-order valence-electron chi connectivity index (χ3n) is 2.35. The van der Waals surface area contributed by atoms with Crippen LogP contribution in [0.25, 0.3) is 5.70 Å². The maximum absolute atomic E-state index is 10.6. The molecule has 15 heavy (non-hydrogen) atoms. The summed E-state index contributed by atoms with van der Waals surface area (Å²) < 4.78 is 0. The molecule has 1 N–H and O–H groups in total. The average Bonchev–Trinajstić information content (AvgIpc) is 2.72. The topological polar surface area (TPSA) is 47.9 Å². The van der Waals surface area contributed by atoms with Gasteiger partial charge in [0.05, 0.1) is 17.6 Å². The minimum Gasteiger partial charge on any atom is -0.277 e. The number of para-hydroxylation sites is 1. The van der Waals surface area contributed by atoms with Gasteiger partial charge in [-0.1, -0.05) is 18.2 Å². The normalized spacial score (nSPS) is 17.2. The maximum Gasteiger partial charge on any atom is 0.229 e. The zero-order valence-corrected chi connectivity index (χ0v) is 7.79. The van der Waals surface area contributed by atoms with Crippen molar-refractivity contribution < 1.29 is 4.79 Å². The highest BCUT2D eigenvalue weighted by Crippen LogP contribution is 2.32. The number of hydrogen-bond acceptors (Lipinski definition) is 4. The summed E-state index contributed by atoms with van der Waals surface area (Å²) in [6.07, 6.45) is 4.09. The lowest BCUT2D eigenvalue weighted by Crippen LogP contribution is -2.39. The molecule has 2 aliphatic rings. The van der Waals surface area contributed by atoms with Gasteiger partial charge in [-0.25, -0.2) is 15.0 Å². The van der Waals surface area contributed by atoms with Gasteiger partial charge in [0, 0.05) is 5.56 Å². The molecule has 2 heterocycles. The summed E-state index contributed by atoms with van der Waals surface area (Å²) in [4.78, 5) is 14.9. The van der Waals surface area contributed by atoms with Gasteiger partial charge in [-0.15, -0.1) is 5.53 Å². The molecule has 2 aliphatic heterocycles. The van der Waals surface area contributed by atoms with Gasteiger partial charge in [-0.2, -0.15) is 0 Å². The molecular formula is C10H8N4O. The quantitative estimate of drug-likeness (QED) is 0.684. The Bertz CT molecular complexity index is 480. The first-order chi connectivity index (χ1) is 7.38. The van der Waals surface area contributed by atoms with Crippen LogP contribution in [0.1, 0.15) is 5.56 Å². The number of fused-ring (bicyclic) bond motifs is 3. The van der Waals surface area contributed by atoms with Gasteiger partial charge in [-0.05, 0) is 6.07 Å². The Labute approximate surface area is 86.3 Å². The first-order valence-corrected chi connectivity index (χ1v) is 4.53. The van der Waals surface area contributed by atoms with Crippen molar-refractivity contribution in [1.29, 1.82) is 0 Å². The molecule has 3 rings (SSSR count). The highest BCUT2D eigenvalue weighted by molar-refractivity contribution is 5.88. The van der Waals surface area contributed by atoms with Crippen LogP contribution in [-0.4, -0.2) is 22.8 Å². The van der Waals surface area contributed by atoms with Gasteiger partial charge in [0.25, 0.3) is 0 Å². The number of aliphatic imine (C=N–C) groups is 1. The molecular weight excluding hydrogens is 192 g/mol. The van der Waals surface area contributed by atoms with Crippen molar-refractivity contribution in [2.24, 2.45) is 4.99 Å². The van der Waals surface area contributed by atoms with E-state index in [1.165, 1.54) is 5.01 Å². The van der Waals surface area contributed by atoms with E-state index in [1.807, 2.05) is 24.3 Å². The van der Waals surface area contributed by atoms with E-state index in [1.54, 1.807) is 17.5 Å². The number of nitrogens with one attached hydrogen (secondary N) is 1. The van der Waals surface area contributed by atoms with Crippen LogP contribution in [-0.2, 0) is 4.79 Å². The lowest BCUT2D eigenvalue weighted by Gasteiger charge is -2.21. The maximum atomic E-state index is 10.6. The van der Waals surface area contributed by atoms with Crippen molar-refractivity contribution in [2.75, 3.05) is 0 Å².